The Morgan fingerprint density at radius 2 is 2.16 bits per heavy atom. The molecule has 2 aromatic rings. The number of ether oxygens (including phenoxy) is 1. The van der Waals surface area contributed by atoms with Gasteiger partial charge >= 0.3 is 0 Å². The van der Waals surface area contributed by atoms with Gasteiger partial charge in [-0.25, -0.2) is 0 Å². The Morgan fingerprint density at radius 1 is 1.42 bits per heavy atom. The summed E-state index contributed by atoms with van der Waals surface area (Å²) < 4.78 is 10.7. The highest BCUT2D eigenvalue weighted by atomic mass is 16.5. The van der Waals surface area contributed by atoms with Crippen LogP contribution in [0.3, 0.4) is 0 Å². The van der Waals surface area contributed by atoms with E-state index in [2.05, 4.69) is 10.1 Å². The van der Waals surface area contributed by atoms with E-state index in [0.29, 0.717) is 17.3 Å². The molecule has 1 atom stereocenters. The standard InChI is InChI=1S/C14H18N2O3/c1-5-14(3,18-4)13-15-12(19-16-13)10-7-6-9(2)11(17)8-10/h6-8,17H,5H2,1-4H3. The topological polar surface area (TPSA) is 68.4 Å². The number of rotatable bonds is 4. The molecular formula is C14H18N2O3. The number of aryl methyl sites for hydroxylation is 1. The highest BCUT2D eigenvalue weighted by Crippen LogP contribution is 2.29. The predicted octanol–water partition coefficient (Wildman–Crippen LogP) is 3.02. The fourth-order valence-corrected chi connectivity index (χ4v) is 1.69. The van der Waals surface area contributed by atoms with Crippen molar-refractivity contribution in [1.29, 1.82) is 0 Å². The molecule has 102 valence electrons. The van der Waals surface area contributed by atoms with Crippen molar-refractivity contribution in [3.8, 4) is 17.2 Å². The van der Waals surface area contributed by atoms with Crippen molar-refractivity contribution in [3.05, 3.63) is 29.6 Å². The zero-order valence-corrected chi connectivity index (χ0v) is 11.6. The molecule has 0 fully saturated rings. The normalized spacial score (nSPS) is 14.3. The molecule has 5 nitrogen and oxygen atoms in total. The van der Waals surface area contributed by atoms with Gasteiger partial charge in [0, 0.05) is 12.7 Å². The lowest BCUT2D eigenvalue weighted by molar-refractivity contribution is -0.0106. The summed E-state index contributed by atoms with van der Waals surface area (Å²) in [6.45, 7) is 5.74. The Bertz CT molecular complexity index is 574. The molecule has 1 aromatic heterocycles. The molecule has 0 bridgehead atoms. The molecule has 0 saturated carbocycles. The van der Waals surface area contributed by atoms with E-state index in [1.807, 2.05) is 32.9 Å². The Kier molecular flexibility index (Phi) is 3.57. The molecule has 0 aliphatic carbocycles. The van der Waals surface area contributed by atoms with Crippen LogP contribution in [0.15, 0.2) is 22.7 Å². The second-order valence-electron chi connectivity index (χ2n) is 4.71. The molecule has 1 heterocycles. The summed E-state index contributed by atoms with van der Waals surface area (Å²) in [6, 6.07) is 5.26. The van der Waals surface area contributed by atoms with Crippen LogP contribution in [0.1, 0.15) is 31.7 Å². The van der Waals surface area contributed by atoms with Crippen LogP contribution in [0.25, 0.3) is 11.5 Å². The number of aromatic hydroxyl groups is 1. The third-order valence-electron chi connectivity index (χ3n) is 3.48. The highest BCUT2D eigenvalue weighted by Gasteiger charge is 2.30. The van der Waals surface area contributed by atoms with E-state index in [4.69, 9.17) is 9.26 Å². The first kappa shape index (κ1) is 13.5. The number of hydrogen-bond acceptors (Lipinski definition) is 5. The minimum Gasteiger partial charge on any atom is -0.508 e. The summed E-state index contributed by atoms with van der Waals surface area (Å²) in [7, 11) is 1.62. The lowest BCUT2D eigenvalue weighted by atomic mass is 10.0. The minimum absolute atomic E-state index is 0.210. The molecular weight excluding hydrogens is 244 g/mol. The van der Waals surface area contributed by atoms with Crippen LogP contribution in [-0.2, 0) is 10.3 Å². The van der Waals surface area contributed by atoms with Crippen LogP contribution in [-0.4, -0.2) is 22.4 Å². The maximum absolute atomic E-state index is 9.71. The summed E-state index contributed by atoms with van der Waals surface area (Å²) in [5, 5.41) is 13.7. The first-order valence-electron chi connectivity index (χ1n) is 6.19. The van der Waals surface area contributed by atoms with Gasteiger partial charge in [0.2, 0.25) is 5.82 Å². The number of benzene rings is 1. The van der Waals surface area contributed by atoms with Crippen LogP contribution < -0.4 is 0 Å². The van der Waals surface area contributed by atoms with E-state index in [0.717, 1.165) is 12.0 Å². The van der Waals surface area contributed by atoms with Gasteiger partial charge in [0.1, 0.15) is 11.4 Å². The summed E-state index contributed by atoms with van der Waals surface area (Å²) in [4.78, 5) is 4.35. The van der Waals surface area contributed by atoms with Gasteiger partial charge in [0.05, 0.1) is 0 Å². The third kappa shape index (κ3) is 2.46. The van der Waals surface area contributed by atoms with Crippen molar-refractivity contribution < 1.29 is 14.4 Å². The van der Waals surface area contributed by atoms with Gasteiger partial charge < -0.3 is 14.4 Å². The van der Waals surface area contributed by atoms with E-state index in [1.54, 1.807) is 13.2 Å². The van der Waals surface area contributed by atoms with Crippen molar-refractivity contribution in [1.82, 2.24) is 10.1 Å². The first-order valence-corrected chi connectivity index (χ1v) is 6.19. The van der Waals surface area contributed by atoms with Crippen molar-refractivity contribution in [2.24, 2.45) is 0 Å². The van der Waals surface area contributed by atoms with E-state index < -0.39 is 5.60 Å². The largest absolute Gasteiger partial charge is 0.508 e. The number of hydrogen-bond donors (Lipinski definition) is 1. The first-order chi connectivity index (χ1) is 9.00. The third-order valence-corrected chi connectivity index (χ3v) is 3.48. The monoisotopic (exact) mass is 262 g/mol. The number of nitrogens with zero attached hydrogens (tertiary/aromatic N) is 2. The van der Waals surface area contributed by atoms with Crippen molar-refractivity contribution in [2.75, 3.05) is 7.11 Å². The lowest BCUT2D eigenvalue weighted by Gasteiger charge is -2.21. The Labute approximate surface area is 112 Å². The fraction of sp³-hybridized carbons (Fsp3) is 0.429. The Balaban J connectivity index is 2.38. The molecule has 5 heteroatoms. The lowest BCUT2D eigenvalue weighted by Crippen LogP contribution is -2.24. The molecule has 2 rings (SSSR count). The molecule has 0 aliphatic rings. The van der Waals surface area contributed by atoms with Crippen molar-refractivity contribution in [2.45, 2.75) is 32.8 Å². The number of phenolic OH excluding ortho intramolecular Hbond substituents is 1. The molecule has 0 saturated heterocycles. The SMILES string of the molecule is CCC(C)(OC)c1noc(-c2ccc(C)c(O)c2)n1. The average molecular weight is 262 g/mol. The van der Waals surface area contributed by atoms with Crippen LogP contribution in [0.2, 0.25) is 0 Å². The molecule has 0 amide bonds. The van der Waals surface area contributed by atoms with Crippen LogP contribution >= 0.6 is 0 Å². The minimum atomic E-state index is -0.561. The molecule has 1 unspecified atom stereocenters. The van der Waals surface area contributed by atoms with Gasteiger partial charge in [0.25, 0.3) is 5.89 Å². The van der Waals surface area contributed by atoms with E-state index >= 15 is 0 Å². The molecule has 1 N–H and O–H groups in total. The van der Waals surface area contributed by atoms with Crippen LogP contribution in [0.4, 0.5) is 0 Å². The van der Waals surface area contributed by atoms with Gasteiger partial charge in [-0.15, -0.1) is 0 Å². The average Bonchev–Trinajstić information content (AvgIpc) is 2.91. The maximum Gasteiger partial charge on any atom is 0.258 e. The quantitative estimate of drug-likeness (QED) is 0.917. The zero-order valence-electron chi connectivity index (χ0n) is 11.6. The Hall–Kier alpha value is -1.88. The van der Waals surface area contributed by atoms with Gasteiger partial charge in [-0.2, -0.15) is 4.98 Å². The second-order valence-corrected chi connectivity index (χ2v) is 4.71. The van der Waals surface area contributed by atoms with Gasteiger partial charge in [-0.05, 0) is 38.0 Å². The van der Waals surface area contributed by atoms with E-state index in [9.17, 15) is 5.11 Å². The van der Waals surface area contributed by atoms with Gasteiger partial charge in [-0.1, -0.05) is 18.1 Å². The summed E-state index contributed by atoms with van der Waals surface area (Å²) in [6.07, 6.45) is 0.738. The van der Waals surface area contributed by atoms with Crippen LogP contribution in [0, 0.1) is 6.92 Å². The van der Waals surface area contributed by atoms with E-state index in [-0.39, 0.29) is 5.75 Å². The predicted molar refractivity (Wildman–Crippen MR) is 70.8 cm³/mol. The van der Waals surface area contributed by atoms with Crippen molar-refractivity contribution >= 4 is 0 Å². The highest BCUT2D eigenvalue weighted by molar-refractivity contribution is 5.57. The molecule has 0 aliphatic heterocycles. The molecule has 1 aromatic carbocycles. The summed E-state index contributed by atoms with van der Waals surface area (Å²) >= 11 is 0. The maximum atomic E-state index is 9.71. The van der Waals surface area contributed by atoms with Crippen molar-refractivity contribution in [3.63, 3.8) is 0 Å². The number of aromatic nitrogens is 2. The fourth-order valence-electron chi connectivity index (χ4n) is 1.69. The van der Waals surface area contributed by atoms with Gasteiger partial charge in [0.15, 0.2) is 0 Å². The molecule has 0 radical (unpaired) electrons. The smallest absolute Gasteiger partial charge is 0.258 e. The summed E-state index contributed by atoms with van der Waals surface area (Å²) in [5.41, 5.74) is 0.935. The second kappa shape index (κ2) is 5.01. The molecule has 0 spiro atoms. The Morgan fingerprint density at radius 3 is 2.74 bits per heavy atom. The van der Waals surface area contributed by atoms with E-state index in [1.165, 1.54) is 0 Å². The van der Waals surface area contributed by atoms with Crippen LogP contribution in [0.5, 0.6) is 5.75 Å². The van der Waals surface area contributed by atoms with Gasteiger partial charge in [-0.3, -0.25) is 0 Å². The summed E-state index contributed by atoms with van der Waals surface area (Å²) in [5.74, 6) is 1.09. The zero-order chi connectivity index (χ0) is 14.0. The number of phenols is 1. The molecule has 19 heavy (non-hydrogen) atoms. The number of methoxy groups -OCH3 is 1.